The summed E-state index contributed by atoms with van der Waals surface area (Å²) in [6.07, 6.45) is 0.210. The molecule has 0 fully saturated rings. The monoisotopic (exact) mass is 294 g/mol. The van der Waals surface area contributed by atoms with Crippen molar-refractivity contribution in [1.29, 1.82) is 0 Å². The molecule has 0 aliphatic carbocycles. The minimum atomic E-state index is -0.178. The predicted octanol–water partition coefficient (Wildman–Crippen LogP) is 3.13. The number of nitrogens with zero attached hydrogens (tertiary/aromatic N) is 1. The van der Waals surface area contributed by atoms with Crippen molar-refractivity contribution >= 4 is 23.3 Å². The number of anilines is 1. The number of aromatic nitrogens is 1. The third kappa shape index (κ3) is 3.30. The molecule has 1 aromatic heterocycles. The topological polar surface area (TPSA) is 64.4 Å². The van der Waals surface area contributed by atoms with Crippen LogP contribution in [0.25, 0.3) is 0 Å². The second-order valence-electron chi connectivity index (χ2n) is 4.46. The van der Waals surface area contributed by atoms with Crippen molar-refractivity contribution in [2.75, 3.05) is 12.4 Å². The van der Waals surface area contributed by atoms with Gasteiger partial charge in [-0.1, -0.05) is 16.8 Å². The predicted molar refractivity (Wildman–Crippen MR) is 76.3 cm³/mol. The summed E-state index contributed by atoms with van der Waals surface area (Å²) in [5.74, 6) is 1.47. The van der Waals surface area contributed by atoms with E-state index in [0.29, 0.717) is 22.4 Å². The van der Waals surface area contributed by atoms with Crippen molar-refractivity contribution in [1.82, 2.24) is 5.16 Å². The summed E-state index contributed by atoms with van der Waals surface area (Å²) in [5.41, 5.74) is 1.78. The smallest absolute Gasteiger partial charge is 0.230 e. The van der Waals surface area contributed by atoms with E-state index in [2.05, 4.69) is 10.5 Å². The van der Waals surface area contributed by atoms with E-state index >= 15 is 0 Å². The Labute approximate surface area is 121 Å². The van der Waals surface area contributed by atoms with Gasteiger partial charge in [0, 0.05) is 6.07 Å². The van der Waals surface area contributed by atoms with Crippen LogP contribution in [0.4, 0.5) is 5.82 Å². The third-order valence-corrected chi connectivity index (χ3v) is 3.15. The molecular weight excluding hydrogens is 280 g/mol. The van der Waals surface area contributed by atoms with Crippen molar-refractivity contribution < 1.29 is 14.1 Å². The number of halogens is 1. The Morgan fingerprint density at radius 2 is 2.15 bits per heavy atom. The fourth-order valence-corrected chi connectivity index (χ4v) is 2.09. The lowest BCUT2D eigenvalue weighted by Crippen LogP contribution is -2.15. The van der Waals surface area contributed by atoms with Crippen LogP contribution in [0.2, 0.25) is 5.02 Å². The van der Waals surface area contributed by atoms with Crippen molar-refractivity contribution in [2.45, 2.75) is 20.3 Å². The lowest BCUT2D eigenvalue weighted by molar-refractivity contribution is -0.115. The molecule has 2 aromatic rings. The lowest BCUT2D eigenvalue weighted by Gasteiger charge is -2.09. The van der Waals surface area contributed by atoms with Gasteiger partial charge in [0.15, 0.2) is 5.82 Å². The maximum absolute atomic E-state index is 11.9. The van der Waals surface area contributed by atoms with Gasteiger partial charge in [-0.05, 0) is 37.1 Å². The number of amides is 1. The maximum atomic E-state index is 11.9. The molecule has 1 aromatic carbocycles. The first-order chi connectivity index (χ1) is 9.49. The summed E-state index contributed by atoms with van der Waals surface area (Å²) in [6, 6.07) is 5.21. The molecule has 1 heterocycles. The first-order valence-electron chi connectivity index (χ1n) is 6.05. The standard InChI is InChI=1S/C14H15ClN2O3/c1-8-4-12(19-3)11(15)6-10(8)7-14(18)16-13-5-9(2)20-17-13/h4-6H,7H2,1-3H3,(H,16,17,18). The van der Waals surface area contributed by atoms with Gasteiger partial charge in [-0.2, -0.15) is 0 Å². The van der Waals surface area contributed by atoms with E-state index in [4.69, 9.17) is 20.9 Å². The second kappa shape index (κ2) is 5.96. The second-order valence-corrected chi connectivity index (χ2v) is 4.87. The highest BCUT2D eigenvalue weighted by Crippen LogP contribution is 2.28. The molecule has 0 saturated carbocycles. The van der Waals surface area contributed by atoms with Crippen LogP contribution in [0.15, 0.2) is 22.7 Å². The summed E-state index contributed by atoms with van der Waals surface area (Å²) in [4.78, 5) is 11.9. The summed E-state index contributed by atoms with van der Waals surface area (Å²) in [5, 5.41) is 6.86. The Balaban J connectivity index is 2.09. The van der Waals surface area contributed by atoms with E-state index in [0.717, 1.165) is 11.1 Å². The lowest BCUT2D eigenvalue weighted by atomic mass is 10.0. The molecule has 106 valence electrons. The minimum Gasteiger partial charge on any atom is -0.495 e. The molecule has 6 heteroatoms. The van der Waals surface area contributed by atoms with E-state index in [-0.39, 0.29) is 12.3 Å². The van der Waals surface area contributed by atoms with E-state index in [9.17, 15) is 4.79 Å². The number of nitrogens with one attached hydrogen (secondary N) is 1. The zero-order valence-corrected chi connectivity index (χ0v) is 12.2. The Morgan fingerprint density at radius 1 is 1.40 bits per heavy atom. The normalized spacial score (nSPS) is 10.4. The molecule has 5 nitrogen and oxygen atoms in total. The fraction of sp³-hybridized carbons (Fsp3) is 0.286. The zero-order chi connectivity index (χ0) is 14.7. The zero-order valence-electron chi connectivity index (χ0n) is 11.5. The van der Waals surface area contributed by atoms with Crippen LogP contribution in [0, 0.1) is 13.8 Å². The van der Waals surface area contributed by atoms with Gasteiger partial charge >= 0.3 is 0 Å². The molecule has 0 spiro atoms. The number of aryl methyl sites for hydroxylation is 2. The average molecular weight is 295 g/mol. The van der Waals surface area contributed by atoms with Gasteiger partial charge in [0.2, 0.25) is 5.91 Å². The molecule has 1 amide bonds. The SMILES string of the molecule is COc1cc(C)c(CC(=O)Nc2cc(C)on2)cc1Cl. The first kappa shape index (κ1) is 14.4. The van der Waals surface area contributed by atoms with Crippen LogP contribution in [0.1, 0.15) is 16.9 Å². The van der Waals surface area contributed by atoms with Crippen LogP contribution in [0.3, 0.4) is 0 Å². The Kier molecular flexibility index (Phi) is 4.29. The van der Waals surface area contributed by atoms with Crippen molar-refractivity contribution in [2.24, 2.45) is 0 Å². The van der Waals surface area contributed by atoms with Crippen molar-refractivity contribution in [3.8, 4) is 5.75 Å². The molecule has 1 N–H and O–H groups in total. The summed E-state index contributed by atoms with van der Waals surface area (Å²) >= 11 is 6.06. The van der Waals surface area contributed by atoms with E-state index in [1.165, 1.54) is 0 Å². The highest BCUT2D eigenvalue weighted by molar-refractivity contribution is 6.32. The van der Waals surface area contributed by atoms with Crippen molar-refractivity contribution in [3.63, 3.8) is 0 Å². The number of carbonyl (C=O) groups excluding carboxylic acids is 1. The number of rotatable bonds is 4. The molecule has 2 rings (SSSR count). The van der Waals surface area contributed by atoms with Gasteiger partial charge in [-0.3, -0.25) is 4.79 Å². The van der Waals surface area contributed by atoms with E-state index in [1.807, 2.05) is 13.0 Å². The molecule has 0 radical (unpaired) electrons. The molecule has 0 aliphatic rings. The molecule has 0 atom stereocenters. The fourth-order valence-electron chi connectivity index (χ4n) is 1.83. The highest BCUT2D eigenvalue weighted by atomic mass is 35.5. The first-order valence-corrected chi connectivity index (χ1v) is 6.43. The van der Waals surface area contributed by atoms with Crippen LogP contribution < -0.4 is 10.1 Å². The average Bonchev–Trinajstić information content (AvgIpc) is 2.78. The highest BCUT2D eigenvalue weighted by Gasteiger charge is 2.11. The summed E-state index contributed by atoms with van der Waals surface area (Å²) < 4.78 is 10.0. The van der Waals surface area contributed by atoms with Crippen LogP contribution in [-0.4, -0.2) is 18.2 Å². The van der Waals surface area contributed by atoms with Gasteiger partial charge < -0.3 is 14.6 Å². The molecule has 0 aliphatic heterocycles. The maximum Gasteiger partial charge on any atom is 0.230 e. The number of hydrogen-bond acceptors (Lipinski definition) is 4. The number of ether oxygens (including phenoxy) is 1. The van der Waals surface area contributed by atoms with Gasteiger partial charge in [-0.25, -0.2) is 0 Å². The largest absolute Gasteiger partial charge is 0.495 e. The van der Waals surface area contributed by atoms with E-state index < -0.39 is 0 Å². The van der Waals surface area contributed by atoms with E-state index in [1.54, 1.807) is 26.2 Å². The Bertz CT molecular complexity index is 637. The summed E-state index contributed by atoms with van der Waals surface area (Å²) in [7, 11) is 1.56. The van der Waals surface area contributed by atoms with Gasteiger partial charge in [0.1, 0.15) is 11.5 Å². The summed E-state index contributed by atoms with van der Waals surface area (Å²) in [6.45, 7) is 3.66. The van der Waals surface area contributed by atoms with Gasteiger partial charge in [0.05, 0.1) is 18.6 Å². The quantitative estimate of drug-likeness (QED) is 0.941. The van der Waals surface area contributed by atoms with Gasteiger partial charge in [-0.15, -0.1) is 0 Å². The van der Waals surface area contributed by atoms with Crippen molar-refractivity contribution in [3.05, 3.63) is 40.1 Å². The number of benzene rings is 1. The number of methoxy groups -OCH3 is 1. The Hall–Kier alpha value is -2.01. The van der Waals surface area contributed by atoms with Crippen LogP contribution in [-0.2, 0) is 11.2 Å². The van der Waals surface area contributed by atoms with Crippen LogP contribution in [0.5, 0.6) is 5.75 Å². The number of carbonyl (C=O) groups is 1. The molecule has 0 bridgehead atoms. The minimum absolute atomic E-state index is 0.178. The van der Waals surface area contributed by atoms with Crippen LogP contribution >= 0.6 is 11.6 Å². The molecular formula is C14H15ClN2O3. The van der Waals surface area contributed by atoms with Gasteiger partial charge in [0.25, 0.3) is 0 Å². The molecule has 0 unspecified atom stereocenters. The third-order valence-electron chi connectivity index (χ3n) is 2.86. The Morgan fingerprint density at radius 3 is 2.75 bits per heavy atom. The molecule has 0 saturated heterocycles. The number of hydrogen-bond donors (Lipinski definition) is 1. The molecule has 20 heavy (non-hydrogen) atoms.